The zero-order valence-corrected chi connectivity index (χ0v) is 13.3. The van der Waals surface area contributed by atoms with Crippen LogP contribution in [0.15, 0.2) is 48.5 Å². The van der Waals surface area contributed by atoms with Gasteiger partial charge in [0.25, 0.3) is 5.91 Å². The Bertz CT molecular complexity index is 824. The molecule has 4 nitrogen and oxygen atoms in total. The van der Waals surface area contributed by atoms with Gasteiger partial charge in [0.2, 0.25) is 0 Å². The van der Waals surface area contributed by atoms with Crippen molar-refractivity contribution < 1.29 is 4.79 Å². The molecule has 0 fully saturated rings. The van der Waals surface area contributed by atoms with Crippen molar-refractivity contribution in [2.75, 3.05) is 5.32 Å². The van der Waals surface area contributed by atoms with Crippen molar-refractivity contribution in [3.63, 3.8) is 0 Å². The van der Waals surface area contributed by atoms with Gasteiger partial charge in [-0.3, -0.25) is 4.79 Å². The van der Waals surface area contributed by atoms with E-state index in [0.29, 0.717) is 5.13 Å². The fourth-order valence-corrected chi connectivity index (χ4v) is 3.07. The zero-order valence-electron chi connectivity index (χ0n) is 12.5. The Morgan fingerprint density at radius 1 is 1.23 bits per heavy atom. The monoisotopic (exact) mass is 311 g/mol. The van der Waals surface area contributed by atoms with Gasteiger partial charge in [0, 0.05) is 0 Å². The molecule has 0 unspecified atom stereocenters. The molecule has 0 aliphatic carbocycles. The Morgan fingerprint density at radius 3 is 2.68 bits per heavy atom. The van der Waals surface area contributed by atoms with E-state index in [0.717, 1.165) is 21.3 Å². The van der Waals surface area contributed by atoms with Crippen molar-refractivity contribution in [1.29, 1.82) is 0 Å². The number of hydrogen-bond acceptors (Lipinski definition) is 4. The Balaban J connectivity index is 1.86. The first-order chi connectivity index (χ1) is 10.5. The average molecular weight is 311 g/mol. The second-order valence-corrected chi connectivity index (χ2v) is 6.54. The van der Waals surface area contributed by atoms with E-state index in [1.54, 1.807) is 6.92 Å². The quantitative estimate of drug-likeness (QED) is 0.779. The fraction of sp³-hybridized carbons (Fsp3) is 0.176. The van der Waals surface area contributed by atoms with Gasteiger partial charge >= 0.3 is 0 Å². The van der Waals surface area contributed by atoms with Crippen LogP contribution in [0.3, 0.4) is 0 Å². The predicted molar refractivity (Wildman–Crippen MR) is 91.0 cm³/mol. The number of hydrogen-bond donors (Lipinski definition) is 2. The van der Waals surface area contributed by atoms with Gasteiger partial charge in [-0.05, 0) is 37.1 Å². The molecule has 0 radical (unpaired) electrons. The second kappa shape index (κ2) is 5.51. The lowest BCUT2D eigenvalue weighted by atomic mass is 9.92. The molecule has 2 aromatic carbocycles. The third-order valence-corrected chi connectivity index (χ3v) is 4.56. The standard InChI is InChI=1S/C17H17N3OS/c1-11-8-9-14-13(10-11)19-16(22-14)20-15(21)17(2,18)12-6-4-3-5-7-12/h3-10H,18H2,1-2H3,(H,19,20,21)/t17-/m1/s1. The van der Waals surface area contributed by atoms with Crippen LogP contribution in [-0.2, 0) is 10.3 Å². The largest absolute Gasteiger partial charge is 0.314 e. The van der Waals surface area contributed by atoms with Gasteiger partial charge in [-0.15, -0.1) is 0 Å². The average Bonchev–Trinajstić information content (AvgIpc) is 2.89. The Kier molecular flexibility index (Phi) is 3.68. The van der Waals surface area contributed by atoms with Crippen LogP contribution in [0.2, 0.25) is 0 Å². The first-order valence-electron chi connectivity index (χ1n) is 7.00. The molecule has 0 bridgehead atoms. The number of anilines is 1. The number of carbonyl (C=O) groups excluding carboxylic acids is 1. The minimum absolute atomic E-state index is 0.269. The van der Waals surface area contributed by atoms with Crippen molar-refractivity contribution in [3.05, 3.63) is 59.7 Å². The van der Waals surface area contributed by atoms with Gasteiger partial charge in [-0.2, -0.15) is 0 Å². The molecule has 1 atom stereocenters. The first-order valence-corrected chi connectivity index (χ1v) is 7.81. The summed E-state index contributed by atoms with van der Waals surface area (Å²) in [5.74, 6) is -0.269. The minimum Gasteiger partial charge on any atom is -0.314 e. The van der Waals surface area contributed by atoms with E-state index in [1.807, 2.05) is 55.5 Å². The normalized spacial score (nSPS) is 13.8. The number of nitrogens with two attached hydrogens (primary N) is 1. The number of rotatable bonds is 3. The molecule has 5 heteroatoms. The minimum atomic E-state index is -1.10. The van der Waals surface area contributed by atoms with Crippen LogP contribution in [0.4, 0.5) is 5.13 Å². The Hall–Kier alpha value is -2.24. The molecule has 112 valence electrons. The van der Waals surface area contributed by atoms with Gasteiger partial charge in [0.05, 0.1) is 10.2 Å². The van der Waals surface area contributed by atoms with Crippen molar-refractivity contribution in [3.8, 4) is 0 Å². The SMILES string of the molecule is Cc1ccc2sc(NC(=O)[C@](C)(N)c3ccccc3)nc2c1. The highest BCUT2D eigenvalue weighted by Gasteiger charge is 2.31. The zero-order chi connectivity index (χ0) is 15.7. The first kappa shape index (κ1) is 14.7. The third kappa shape index (κ3) is 2.73. The Labute approximate surface area is 133 Å². The maximum atomic E-state index is 12.5. The summed E-state index contributed by atoms with van der Waals surface area (Å²) in [6, 6.07) is 15.4. The van der Waals surface area contributed by atoms with Crippen LogP contribution in [0.5, 0.6) is 0 Å². The molecule has 0 aliphatic heterocycles. The van der Waals surface area contributed by atoms with E-state index < -0.39 is 5.54 Å². The van der Waals surface area contributed by atoms with Crippen LogP contribution in [-0.4, -0.2) is 10.9 Å². The maximum absolute atomic E-state index is 12.5. The number of nitrogens with one attached hydrogen (secondary N) is 1. The molecule has 3 rings (SSSR count). The van der Waals surface area contributed by atoms with Crippen LogP contribution < -0.4 is 11.1 Å². The highest BCUT2D eigenvalue weighted by molar-refractivity contribution is 7.22. The Morgan fingerprint density at radius 2 is 1.95 bits per heavy atom. The van der Waals surface area contributed by atoms with Crippen LogP contribution in [0.25, 0.3) is 10.2 Å². The van der Waals surface area contributed by atoms with Crippen molar-refractivity contribution >= 4 is 32.6 Å². The number of benzene rings is 2. The lowest BCUT2D eigenvalue weighted by Crippen LogP contribution is -2.45. The lowest BCUT2D eigenvalue weighted by Gasteiger charge is -2.23. The summed E-state index contributed by atoms with van der Waals surface area (Å²) in [5.41, 5.74) is 7.91. The smallest absolute Gasteiger partial charge is 0.250 e. The number of amides is 1. The third-order valence-electron chi connectivity index (χ3n) is 3.61. The molecule has 0 aliphatic rings. The highest BCUT2D eigenvalue weighted by Crippen LogP contribution is 2.28. The van der Waals surface area contributed by atoms with Crippen LogP contribution in [0, 0.1) is 6.92 Å². The summed E-state index contributed by atoms with van der Waals surface area (Å²) in [7, 11) is 0. The molecule has 0 spiro atoms. The number of aryl methyl sites for hydroxylation is 1. The molecule has 3 N–H and O–H groups in total. The van der Waals surface area contributed by atoms with E-state index >= 15 is 0 Å². The van der Waals surface area contributed by atoms with E-state index in [9.17, 15) is 4.79 Å². The summed E-state index contributed by atoms with van der Waals surface area (Å²) in [6.07, 6.45) is 0. The summed E-state index contributed by atoms with van der Waals surface area (Å²) < 4.78 is 1.04. The fourth-order valence-electron chi connectivity index (χ4n) is 2.23. The predicted octanol–water partition coefficient (Wildman–Crippen LogP) is 3.42. The molecule has 0 saturated heterocycles. The maximum Gasteiger partial charge on any atom is 0.250 e. The van der Waals surface area contributed by atoms with E-state index in [-0.39, 0.29) is 5.91 Å². The molecule has 22 heavy (non-hydrogen) atoms. The summed E-state index contributed by atoms with van der Waals surface area (Å²) in [5, 5.41) is 3.40. The number of fused-ring (bicyclic) bond motifs is 1. The lowest BCUT2D eigenvalue weighted by molar-refractivity contribution is -0.120. The van der Waals surface area contributed by atoms with Gasteiger partial charge in [0.15, 0.2) is 5.13 Å². The van der Waals surface area contributed by atoms with Crippen molar-refractivity contribution in [2.45, 2.75) is 19.4 Å². The van der Waals surface area contributed by atoms with E-state index in [2.05, 4.69) is 10.3 Å². The van der Waals surface area contributed by atoms with Gasteiger partial charge in [-0.25, -0.2) is 4.98 Å². The van der Waals surface area contributed by atoms with E-state index in [1.165, 1.54) is 11.3 Å². The van der Waals surface area contributed by atoms with Crippen LogP contribution >= 0.6 is 11.3 Å². The summed E-state index contributed by atoms with van der Waals surface area (Å²) >= 11 is 1.45. The molecule has 1 aromatic heterocycles. The number of nitrogens with zero attached hydrogens (tertiary/aromatic N) is 1. The molecular formula is C17H17N3OS. The van der Waals surface area contributed by atoms with Crippen molar-refractivity contribution in [1.82, 2.24) is 4.98 Å². The van der Waals surface area contributed by atoms with Gasteiger partial charge in [0.1, 0.15) is 5.54 Å². The van der Waals surface area contributed by atoms with Gasteiger partial charge in [-0.1, -0.05) is 47.7 Å². The van der Waals surface area contributed by atoms with E-state index in [4.69, 9.17) is 5.73 Å². The second-order valence-electron chi connectivity index (χ2n) is 5.51. The van der Waals surface area contributed by atoms with Gasteiger partial charge < -0.3 is 11.1 Å². The molecular weight excluding hydrogens is 294 g/mol. The summed E-state index contributed by atoms with van der Waals surface area (Å²) in [4.78, 5) is 17.0. The number of carbonyl (C=O) groups is 1. The topological polar surface area (TPSA) is 68.0 Å². The molecule has 1 amide bonds. The highest BCUT2D eigenvalue weighted by atomic mass is 32.1. The summed E-state index contributed by atoms with van der Waals surface area (Å²) in [6.45, 7) is 3.72. The molecule has 3 aromatic rings. The molecule has 1 heterocycles. The number of aromatic nitrogens is 1. The van der Waals surface area contributed by atoms with Crippen molar-refractivity contribution in [2.24, 2.45) is 5.73 Å². The molecule has 0 saturated carbocycles. The number of thiazole rings is 1. The van der Waals surface area contributed by atoms with Crippen LogP contribution in [0.1, 0.15) is 18.1 Å².